The van der Waals surface area contributed by atoms with Gasteiger partial charge in [0.2, 0.25) is 0 Å². The zero-order valence-electron chi connectivity index (χ0n) is 14.9. The second-order valence-electron chi connectivity index (χ2n) is 5.33. The minimum Gasteiger partial charge on any atom is -1.00 e. The summed E-state index contributed by atoms with van der Waals surface area (Å²) in [6.07, 6.45) is 2.66. The number of fused-ring (bicyclic) bond motifs is 2. The predicted molar refractivity (Wildman–Crippen MR) is 96.5 cm³/mol. The quantitative estimate of drug-likeness (QED) is 0.206. The van der Waals surface area contributed by atoms with Gasteiger partial charge in [-0.1, -0.05) is 65.6 Å². The van der Waals surface area contributed by atoms with E-state index in [-0.39, 0.29) is 75.8 Å². The number of hydrogen-bond donors (Lipinski definition) is 2. The van der Waals surface area contributed by atoms with E-state index in [1.54, 1.807) is 0 Å². The van der Waals surface area contributed by atoms with Crippen LogP contribution in [0.4, 0.5) is 0 Å². The molecule has 4 nitrogen and oxygen atoms in total. The van der Waals surface area contributed by atoms with Crippen LogP contribution in [0.2, 0.25) is 0 Å². The third kappa shape index (κ3) is 7.44. The number of hydrogen-bond acceptors (Lipinski definition) is 2. The fourth-order valence-electron chi connectivity index (χ4n) is 2.51. The predicted octanol–water partition coefficient (Wildman–Crippen LogP) is -7.39. The van der Waals surface area contributed by atoms with E-state index in [4.69, 9.17) is 0 Å². The maximum Gasteiger partial charge on any atom is 4.00 e. The molecule has 0 amide bonds. The number of para-hydroxylation sites is 4. The summed E-state index contributed by atoms with van der Waals surface area (Å²) in [4.78, 5) is 14.6. The van der Waals surface area contributed by atoms with Gasteiger partial charge >= 0.3 is 26.2 Å². The van der Waals surface area contributed by atoms with E-state index in [1.165, 1.54) is 0 Å². The van der Waals surface area contributed by atoms with Crippen LogP contribution in [-0.2, 0) is 26.2 Å². The molecular formula is C20H15Cl4N4Zr-. The van der Waals surface area contributed by atoms with Gasteiger partial charge in [0.15, 0.2) is 0 Å². The normalized spacial score (nSPS) is 8.69. The molecule has 2 aromatic heterocycles. The fraction of sp³-hybridized carbons (Fsp3) is 0. The number of nitrogens with zero attached hydrogens (tertiary/aromatic N) is 2. The van der Waals surface area contributed by atoms with E-state index in [2.05, 4.69) is 38.4 Å². The minimum atomic E-state index is 0. The molecule has 148 valence electrons. The minimum absolute atomic E-state index is 0. The fourth-order valence-corrected chi connectivity index (χ4v) is 2.51. The van der Waals surface area contributed by atoms with Crippen molar-refractivity contribution in [2.45, 2.75) is 0 Å². The van der Waals surface area contributed by atoms with Crippen molar-refractivity contribution in [3.8, 4) is 11.4 Å². The molecule has 0 atom stereocenters. The Balaban J connectivity index is 0. The van der Waals surface area contributed by atoms with Crippen LogP contribution < -0.4 is 49.6 Å². The SMILES string of the molecule is [Cl-].[Cl-].[Cl-].[Cl-].[Zr+4].[c-]1nc2ccccc2[nH]1.c1ccc(-c2nc3ccccc3[nH]2)cc1. The molecular weight excluding hydrogens is 529 g/mol. The average molecular weight is 544 g/mol. The van der Waals surface area contributed by atoms with Crippen molar-refractivity contribution in [2.75, 3.05) is 0 Å². The zero-order valence-corrected chi connectivity index (χ0v) is 20.4. The number of halogens is 4. The van der Waals surface area contributed by atoms with Gasteiger partial charge in [0.05, 0.1) is 11.0 Å². The molecule has 29 heavy (non-hydrogen) atoms. The summed E-state index contributed by atoms with van der Waals surface area (Å²) in [5, 5.41) is 0. The number of rotatable bonds is 1. The summed E-state index contributed by atoms with van der Waals surface area (Å²) in [5.41, 5.74) is 5.22. The Kier molecular flexibility index (Phi) is 15.0. The molecule has 2 heterocycles. The second-order valence-corrected chi connectivity index (χ2v) is 5.33. The molecule has 0 fully saturated rings. The first-order chi connectivity index (χ1) is 11.9. The van der Waals surface area contributed by atoms with Crippen molar-refractivity contribution in [3.05, 3.63) is 85.2 Å². The van der Waals surface area contributed by atoms with E-state index < -0.39 is 0 Å². The smallest absolute Gasteiger partial charge is 1.00 e. The van der Waals surface area contributed by atoms with Crippen molar-refractivity contribution in [1.29, 1.82) is 0 Å². The molecule has 9 heteroatoms. The molecule has 0 radical (unpaired) electrons. The van der Waals surface area contributed by atoms with Crippen molar-refractivity contribution < 1.29 is 75.8 Å². The van der Waals surface area contributed by atoms with E-state index >= 15 is 0 Å². The van der Waals surface area contributed by atoms with E-state index in [9.17, 15) is 0 Å². The van der Waals surface area contributed by atoms with Crippen LogP contribution >= 0.6 is 0 Å². The third-order valence-electron chi connectivity index (χ3n) is 3.71. The van der Waals surface area contributed by atoms with Crippen molar-refractivity contribution >= 4 is 22.1 Å². The number of aromatic nitrogens is 4. The van der Waals surface area contributed by atoms with Crippen LogP contribution in [0.15, 0.2) is 78.9 Å². The van der Waals surface area contributed by atoms with Crippen LogP contribution in [0.3, 0.4) is 0 Å². The van der Waals surface area contributed by atoms with Gasteiger partial charge in [-0.3, -0.25) is 0 Å². The number of nitrogens with one attached hydrogen (secondary N) is 2. The van der Waals surface area contributed by atoms with Gasteiger partial charge in [-0.2, -0.15) is 0 Å². The Morgan fingerprint density at radius 2 is 1.17 bits per heavy atom. The maximum atomic E-state index is 4.53. The van der Waals surface area contributed by atoms with Crippen LogP contribution in [0.1, 0.15) is 0 Å². The van der Waals surface area contributed by atoms with Gasteiger partial charge in [0.25, 0.3) is 0 Å². The first-order valence-corrected chi connectivity index (χ1v) is 7.71. The number of benzene rings is 3. The molecule has 5 rings (SSSR count). The van der Waals surface area contributed by atoms with Gasteiger partial charge in [-0.05, 0) is 18.5 Å². The third-order valence-corrected chi connectivity index (χ3v) is 3.71. The molecule has 0 aliphatic heterocycles. The van der Waals surface area contributed by atoms with Crippen molar-refractivity contribution in [1.82, 2.24) is 19.9 Å². The van der Waals surface area contributed by atoms with Crippen LogP contribution in [0, 0.1) is 6.33 Å². The topological polar surface area (TPSA) is 57.4 Å². The van der Waals surface area contributed by atoms with Gasteiger partial charge in [-0.15, -0.1) is 12.1 Å². The molecule has 2 N–H and O–H groups in total. The summed E-state index contributed by atoms with van der Waals surface area (Å²) in [6.45, 7) is 0. The van der Waals surface area contributed by atoms with Gasteiger partial charge in [0.1, 0.15) is 5.82 Å². The summed E-state index contributed by atoms with van der Waals surface area (Å²) in [5.74, 6) is 0.928. The van der Waals surface area contributed by atoms with Crippen molar-refractivity contribution in [3.63, 3.8) is 0 Å². The van der Waals surface area contributed by atoms with Crippen molar-refractivity contribution in [2.24, 2.45) is 0 Å². The molecule has 0 aliphatic rings. The first kappa shape index (κ1) is 29.8. The Morgan fingerprint density at radius 3 is 1.79 bits per heavy atom. The Bertz CT molecular complexity index is 1020. The van der Waals surface area contributed by atoms with Gasteiger partial charge in [-0.25, -0.2) is 4.98 Å². The molecule has 5 aromatic rings. The summed E-state index contributed by atoms with van der Waals surface area (Å²) in [6, 6.07) is 26.0. The Morgan fingerprint density at radius 1 is 0.621 bits per heavy atom. The molecule has 0 unspecified atom stereocenters. The summed E-state index contributed by atoms with van der Waals surface area (Å²) in [7, 11) is 0. The van der Waals surface area contributed by atoms with E-state index in [0.717, 1.165) is 33.5 Å². The molecule has 0 aliphatic carbocycles. The largest absolute Gasteiger partial charge is 4.00 e. The summed E-state index contributed by atoms with van der Waals surface area (Å²) < 4.78 is 0. The second kappa shape index (κ2) is 14.6. The van der Waals surface area contributed by atoms with Crippen LogP contribution in [-0.4, -0.2) is 19.9 Å². The number of H-pyrrole nitrogens is 2. The van der Waals surface area contributed by atoms with Crippen LogP contribution in [0.25, 0.3) is 33.5 Å². The van der Waals surface area contributed by atoms with Gasteiger partial charge < -0.3 is 64.6 Å². The Labute approximate surface area is 213 Å². The monoisotopic (exact) mass is 541 g/mol. The van der Waals surface area contributed by atoms with E-state index in [0.29, 0.717) is 0 Å². The average Bonchev–Trinajstić information content (AvgIpc) is 3.29. The number of imidazole rings is 2. The van der Waals surface area contributed by atoms with Gasteiger partial charge in [0, 0.05) is 5.56 Å². The summed E-state index contributed by atoms with van der Waals surface area (Å²) >= 11 is 0. The first-order valence-electron chi connectivity index (χ1n) is 7.71. The maximum absolute atomic E-state index is 4.53. The molecule has 0 bridgehead atoms. The van der Waals surface area contributed by atoms with E-state index in [1.807, 2.05) is 66.7 Å². The standard InChI is InChI=1S/C13H10N2.C7H5N2.4ClH.Zr/c1-2-6-10(7-3-1)13-14-11-8-4-5-9-12(11)15-13;1-2-4-7-6(3-1)8-5-9-7;;;;;/h1-9H,(H,14,15);1-4H,(H,8,9);4*1H;/q;-1;;;;;+4/p-4. The molecule has 0 spiro atoms. The number of aromatic amines is 2. The molecule has 3 aromatic carbocycles. The zero-order chi connectivity index (χ0) is 16.2. The molecule has 0 saturated heterocycles. The molecule has 0 saturated carbocycles. The Hall–Kier alpha value is -1.36. The van der Waals surface area contributed by atoms with Crippen LogP contribution in [0.5, 0.6) is 0 Å².